The van der Waals surface area contributed by atoms with E-state index >= 15 is 0 Å². The van der Waals surface area contributed by atoms with Crippen LogP contribution in [0.2, 0.25) is 0 Å². The van der Waals surface area contributed by atoms with Crippen molar-refractivity contribution in [3.8, 4) is 12.3 Å². The van der Waals surface area contributed by atoms with Gasteiger partial charge in [-0.05, 0) is 34.1 Å². The Hall–Kier alpha value is -1.43. The number of allylic oxidation sites excluding steroid dienone is 1. The van der Waals surface area contributed by atoms with Crippen LogP contribution >= 0.6 is 0 Å². The maximum Gasteiger partial charge on any atom is 0.407 e. The van der Waals surface area contributed by atoms with E-state index in [1.54, 1.807) is 0 Å². The molecule has 3 nitrogen and oxygen atoms in total. The monoisotopic (exact) mass is 255 g/mol. The predicted octanol–water partition coefficient (Wildman–Crippen LogP) is 4.14. The van der Waals surface area contributed by atoms with E-state index in [2.05, 4.69) is 24.7 Å². The molecule has 0 fully saturated rings. The number of alkyl carbamates (subject to hydrolysis) is 1. The topological polar surface area (TPSA) is 38.3 Å². The molecule has 0 unspecified atom stereocenters. The molecule has 0 spiro atoms. The molecule has 0 saturated heterocycles. The van der Waals surface area contributed by atoms with Crippen molar-refractivity contribution in [2.24, 2.45) is 0 Å². The minimum Gasteiger partial charge on any atom is -0.444 e. The van der Waals surface area contributed by atoms with Gasteiger partial charge in [-0.2, -0.15) is 0 Å². The van der Waals surface area contributed by atoms with Crippen molar-refractivity contribution >= 4 is 6.09 Å². The van der Waals surface area contributed by atoms with Gasteiger partial charge in [0, 0.05) is 13.0 Å². The standard InChI is InChI=1S/C7H15NO2.C4H8.C4H6/c1-5-8-6(9)10-7(2,3)4;2*1-3-4-2/h5H2,1-4H3,(H,8,9);3H,1,4H2,2H3;1H,4H2,2H3. The molecule has 0 bridgehead atoms. The summed E-state index contributed by atoms with van der Waals surface area (Å²) < 4.78 is 4.93. The molecule has 0 atom stereocenters. The highest BCUT2D eigenvalue weighted by molar-refractivity contribution is 5.67. The molecule has 0 aliphatic carbocycles. The van der Waals surface area contributed by atoms with Gasteiger partial charge in [0.05, 0.1) is 0 Å². The zero-order valence-corrected chi connectivity index (χ0v) is 12.8. The molecular weight excluding hydrogens is 226 g/mol. The Morgan fingerprint density at radius 3 is 1.94 bits per heavy atom. The smallest absolute Gasteiger partial charge is 0.407 e. The molecular formula is C15H29NO2. The first-order valence-corrected chi connectivity index (χ1v) is 6.30. The van der Waals surface area contributed by atoms with Gasteiger partial charge in [0.15, 0.2) is 0 Å². The summed E-state index contributed by atoms with van der Waals surface area (Å²) in [4.78, 5) is 10.7. The Kier molecular flexibility index (Phi) is 18.9. The van der Waals surface area contributed by atoms with Gasteiger partial charge >= 0.3 is 6.09 Å². The molecule has 106 valence electrons. The van der Waals surface area contributed by atoms with Crippen LogP contribution in [0.25, 0.3) is 0 Å². The third kappa shape index (κ3) is 36.5. The van der Waals surface area contributed by atoms with Crippen molar-refractivity contribution in [2.45, 2.75) is 60.0 Å². The van der Waals surface area contributed by atoms with E-state index in [9.17, 15) is 4.79 Å². The van der Waals surface area contributed by atoms with Crippen molar-refractivity contribution in [3.63, 3.8) is 0 Å². The molecule has 0 aliphatic heterocycles. The van der Waals surface area contributed by atoms with Crippen LogP contribution in [0.3, 0.4) is 0 Å². The van der Waals surface area contributed by atoms with E-state index in [4.69, 9.17) is 11.2 Å². The average molecular weight is 255 g/mol. The quantitative estimate of drug-likeness (QED) is 0.595. The van der Waals surface area contributed by atoms with Gasteiger partial charge < -0.3 is 10.1 Å². The molecule has 1 amide bonds. The summed E-state index contributed by atoms with van der Waals surface area (Å²) >= 11 is 0. The van der Waals surface area contributed by atoms with Gasteiger partial charge in [-0.1, -0.05) is 19.9 Å². The van der Waals surface area contributed by atoms with Crippen molar-refractivity contribution in [1.29, 1.82) is 0 Å². The lowest BCUT2D eigenvalue weighted by Crippen LogP contribution is -2.32. The van der Waals surface area contributed by atoms with E-state index < -0.39 is 0 Å². The van der Waals surface area contributed by atoms with Crippen molar-refractivity contribution in [3.05, 3.63) is 12.7 Å². The number of rotatable bonds is 2. The minimum absolute atomic E-state index is 0.352. The Balaban J connectivity index is -0.000000233. The van der Waals surface area contributed by atoms with E-state index in [0.29, 0.717) is 6.54 Å². The lowest BCUT2D eigenvalue weighted by Gasteiger charge is -2.19. The number of hydrogen-bond acceptors (Lipinski definition) is 2. The van der Waals surface area contributed by atoms with Crippen LogP contribution in [-0.4, -0.2) is 18.2 Å². The van der Waals surface area contributed by atoms with Gasteiger partial charge in [0.25, 0.3) is 0 Å². The summed E-state index contributed by atoms with van der Waals surface area (Å²) in [5.74, 6) is 2.43. The minimum atomic E-state index is -0.390. The first-order chi connectivity index (χ1) is 8.28. The molecule has 3 heteroatoms. The average Bonchev–Trinajstić information content (AvgIpc) is 2.27. The molecule has 0 radical (unpaired) electrons. The first kappa shape index (κ1) is 21.8. The van der Waals surface area contributed by atoms with E-state index in [1.165, 1.54) is 0 Å². The second kappa shape index (κ2) is 15.6. The second-order valence-corrected chi connectivity index (χ2v) is 4.29. The number of amides is 1. The van der Waals surface area contributed by atoms with Crippen molar-refractivity contribution in [2.75, 3.05) is 6.54 Å². The fraction of sp³-hybridized carbons (Fsp3) is 0.667. The summed E-state index contributed by atoms with van der Waals surface area (Å²) in [5, 5.41) is 2.54. The number of hydrogen-bond donors (Lipinski definition) is 1. The summed E-state index contributed by atoms with van der Waals surface area (Å²) in [6.07, 6.45) is 8.23. The summed E-state index contributed by atoms with van der Waals surface area (Å²) in [6.45, 7) is 15.4. The van der Waals surface area contributed by atoms with Crippen LogP contribution in [0.1, 0.15) is 54.4 Å². The molecule has 1 N–H and O–H groups in total. The van der Waals surface area contributed by atoms with Crippen LogP contribution in [0.5, 0.6) is 0 Å². The van der Waals surface area contributed by atoms with Crippen molar-refractivity contribution < 1.29 is 9.53 Å². The van der Waals surface area contributed by atoms with Crippen LogP contribution in [0, 0.1) is 12.3 Å². The Morgan fingerprint density at radius 1 is 1.39 bits per heavy atom. The SMILES string of the molecule is C#CCC.C=CCC.CCNC(=O)OC(C)(C)C. The molecule has 0 aromatic heterocycles. The third-order valence-electron chi connectivity index (χ3n) is 1.21. The Bertz CT molecular complexity index is 234. The van der Waals surface area contributed by atoms with E-state index in [1.807, 2.05) is 40.7 Å². The molecule has 0 heterocycles. The van der Waals surface area contributed by atoms with Gasteiger partial charge in [0.1, 0.15) is 5.60 Å². The van der Waals surface area contributed by atoms with E-state index in [-0.39, 0.29) is 11.7 Å². The largest absolute Gasteiger partial charge is 0.444 e. The summed E-state index contributed by atoms with van der Waals surface area (Å²) in [6, 6.07) is 0. The Labute approximate surface area is 113 Å². The fourth-order valence-electron chi connectivity index (χ4n) is 0.459. The maximum atomic E-state index is 10.7. The zero-order chi connectivity index (χ0) is 15.0. The Morgan fingerprint density at radius 2 is 1.78 bits per heavy atom. The first-order valence-electron chi connectivity index (χ1n) is 6.30. The molecule has 0 saturated carbocycles. The third-order valence-corrected chi connectivity index (χ3v) is 1.21. The second-order valence-electron chi connectivity index (χ2n) is 4.29. The summed E-state index contributed by atoms with van der Waals surface area (Å²) in [5.41, 5.74) is -0.390. The van der Waals surface area contributed by atoms with Gasteiger partial charge in [0.2, 0.25) is 0 Å². The fourth-order valence-corrected chi connectivity index (χ4v) is 0.459. The molecule has 0 aliphatic rings. The van der Waals surface area contributed by atoms with Crippen LogP contribution in [0.4, 0.5) is 4.79 Å². The van der Waals surface area contributed by atoms with Crippen molar-refractivity contribution in [1.82, 2.24) is 5.32 Å². The highest BCUT2D eigenvalue weighted by atomic mass is 16.6. The number of ether oxygens (including phenoxy) is 1. The lowest BCUT2D eigenvalue weighted by atomic mass is 10.2. The van der Waals surface area contributed by atoms with Gasteiger partial charge in [-0.25, -0.2) is 4.79 Å². The lowest BCUT2D eigenvalue weighted by molar-refractivity contribution is 0.0531. The van der Waals surface area contributed by atoms with Crippen LogP contribution < -0.4 is 5.32 Å². The number of nitrogens with one attached hydrogen (secondary N) is 1. The number of carbonyl (C=O) groups excluding carboxylic acids is 1. The molecule has 0 aromatic rings. The number of carbonyl (C=O) groups is 1. The highest BCUT2D eigenvalue weighted by Gasteiger charge is 2.14. The summed E-state index contributed by atoms with van der Waals surface area (Å²) in [7, 11) is 0. The molecule has 18 heavy (non-hydrogen) atoms. The van der Waals surface area contributed by atoms with Gasteiger partial charge in [-0.3, -0.25) is 0 Å². The van der Waals surface area contributed by atoms with E-state index in [0.717, 1.165) is 12.8 Å². The van der Waals surface area contributed by atoms with Crippen LogP contribution in [-0.2, 0) is 4.74 Å². The molecule has 0 rings (SSSR count). The normalized spacial score (nSPS) is 8.50. The highest BCUT2D eigenvalue weighted by Crippen LogP contribution is 2.05. The van der Waals surface area contributed by atoms with Crippen LogP contribution in [0.15, 0.2) is 12.7 Å². The predicted molar refractivity (Wildman–Crippen MR) is 79.5 cm³/mol. The number of terminal acetylenes is 1. The van der Waals surface area contributed by atoms with Gasteiger partial charge in [-0.15, -0.1) is 18.9 Å². The maximum absolute atomic E-state index is 10.7. The molecule has 0 aromatic carbocycles. The zero-order valence-electron chi connectivity index (χ0n) is 12.8.